The van der Waals surface area contributed by atoms with Crippen LogP contribution in [0, 0.1) is 11.8 Å². The molecule has 1 amide bonds. The highest BCUT2D eigenvalue weighted by Crippen LogP contribution is 2.57. The number of benzene rings is 1. The summed E-state index contributed by atoms with van der Waals surface area (Å²) in [7, 11) is 0. The number of hydrogen-bond donors (Lipinski definition) is 0. The number of hydrogen-bond acceptors (Lipinski definition) is 4. The number of alkyl halides is 2. The molecule has 2 aliphatic heterocycles. The van der Waals surface area contributed by atoms with Crippen molar-refractivity contribution in [3.8, 4) is 11.3 Å². The third-order valence-corrected chi connectivity index (χ3v) is 6.40. The summed E-state index contributed by atoms with van der Waals surface area (Å²) in [6.07, 6.45) is -0.142. The van der Waals surface area contributed by atoms with Crippen LogP contribution in [-0.2, 0) is 4.74 Å². The van der Waals surface area contributed by atoms with Gasteiger partial charge in [-0.2, -0.15) is 5.10 Å². The summed E-state index contributed by atoms with van der Waals surface area (Å²) in [5, 5.41) is 4.30. The van der Waals surface area contributed by atoms with Crippen molar-refractivity contribution in [2.45, 2.75) is 18.4 Å². The van der Waals surface area contributed by atoms with E-state index in [1.54, 1.807) is 4.90 Å². The zero-order valence-electron chi connectivity index (χ0n) is 15.5. The SMILES string of the molecule is O=C(c1cnn2c(-c3ccccc3)cc(C(F)F)nc12)N1CC2(C1)OCC1CC12. The van der Waals surface area contributed by atoms with Crippen LogP contribution in [0.1, 0.15) is 28.9 Å². The first-order chi connectivity index (χ1) is 14.1. The van der Waals surface area contributed by atoms with Crippen molar-refractivity contribution in [1.29, 1.82) is 0 Å². The van der Waals surface area contributed by atoms with Crippen LogP contribution in [-0.4, -0.2) is 50.7 Å². The molecule has 1 aliphatic carbocycles. The molecule has 3 aromatic rings. The Morgan fingerprint density at radius 2 is 2.03 bits per heavy atom. The average molecular weight is 396 g/mol. The first-order valence-corrected chi connectivity index (χ1v) is 9.71. The summed E-state index contributed by atoms with van der Waals surface area (Å²) in [4.78, 5) is 18.9. The molecule has 6 nitrogen and oxygen atoms in total. The molecule has 2 aromatic heterocycles. The van der Waals surface area contributed by atoms with E-state index in [0.29, 0.717) is 30.6 Å². The summed E-state index contributed by atoms with van der Waals surface area (Å²) in [5.74, 6) is 0.966. The highest BCUT2D eigenvalue weighted by molar-refractivity contribution is 6.00. The smallest absolute Gasteiger partial charge is 0.280 e. The largest absolute Gasteiger partial charge is 0.371 e. The third-order valence-electron chi connectivity index (χ3n) is 6.40. The van der Waals surface area contributed by atoms with Gasteiger partial charge in [-0.05, 0) is 24.3 Å². The summed E-state index contributed by atoms with van der Waals surface area (Å²) < 4.78 is 34.4. The molecule has 4 heterocycles. The standard InChI is InChI=1S/C21H18F2N4O2/c22-18(23)16-7-17(12-4-2-1-3-5-12)27-19(25-16)14(8-24-27)20(28)26-10-21(11-26)15-6-13(15)9-29-21/h1-5,7-8,13,15,18H,6,9-11H2. The molecule has 29 heavy (non-hydrogen) atoms. The van der Waals surface area contributed by atoms with Crippen LogP contribution in [0.2, 0.25) is 0 Å². The number of carbonyl (C=O) groups is 1. The molecule has 3 fully saturated rings. The number of carbonyl (C=O) groups excluding carboxylic acids is 1. The number of likely N-dealkylation sites (tertiary alicyclic amines) is 1. The van der Waals surface area contributed by atoms with Gasteiger partial charge in [0, 0.05) is 5.56 Å². The molecule has 1 saturated carbocycles. The molecular weight excluding hydrogens is 378 g/mol. The van der Waals surface area contributed by atoms with E-state index < -0.39 is 6.43 Å². The van der Waals surface area contributed by atoms with Crippen molar-refractivity contribution in [1.82, 2.24) is 19.5 Å². The summed E-state index contributed by atoms with van der Waals surface area (Å²) in [6.45, 7) is 1.87. The summed E-state index contributed by atoms with van der Waals surface area (Å²) >= 11 is 0. The van der Waals surface area contributed by atoms with Gasteiger partial charge in [-0.3, -0.25) is 4.79 Å². The minimum Gasteiger partial charge on any atom is -0.371 e. The normalized spacial score (nSPS) is 24.2. The van der Waals surface area contributed by atoms with Crippen LogP contribution in [0.3, 0.4) is 0 Å². The fraction of sp³-hybridized carbons (Fsp3) is 0.381. The lowest BCUT2D eigenvalue weighted by molar-refractivity contribution is -0.115. The molecule has 0 N–H and O–H groups in total. The van der Waals surface area contributed by atoms with Crippen molar-refractivity contribution in [3.63, 3.8) is 0 Å². The lowest BCUT2D eigenvalue weighted by Crippen LogP contribution is -2.64. The van der Waals surface area contributed by atoms with Gasteiger partial charge in [-0.25, -0.2) is 18.3 Å². The minimum absolute atomic E-state index is 0.157. The number of amides is 1. The fourth-order valence-electron chi connectivity index (χ4n) is 4.75. The topological polar surface area (TPSA) is 59.7 Å². The van der Waals surface area contributed by atoms with E-state index in [4.69, 9.17) is 4.74 Å². The number of ether oxygens (including phenoxy) is 1. The van der Waals surface area contributed by atoms with Gasteiger partial charge in [-0.15, -0.1) is 0 Å². The Hall–Kier alpha value is -2.87. The average Bonchev–Trinajstić information content (AvgIpc) is 3.21. The van der Waals surface area contributed by atoms with Gasteiger partial charge >= 0.3 is 0 Å². The van der Waals surface area contributed by atoms with Crippen LogP contribution in [0.25, 0.3) is 16.9 Å². The number of aromatic nitrogens is 3. The Bertz CT molecular complexity index is 1120. The van der Waals surface area contributed by atoms with Crippen LogP contribution in [0.5, 0.6) is 0 Å². The van der Waals surface area contributed by atoms with Gasteiger partial charge in [-0.1, -0.05) is 30.3 Å². The molecular formula is C21H18F2N4O2. The second-order valence-electron chi connectivity index (χ2n) is 8.17. The molecule has 6 rings (SSSR count). The molecule has 0 bridgehead atoms. The van der Waals surface area contributed by atoms with E-state index in [1.165, 1.54) is 23.2 Å². The molecule has 1 spiro atoms. The van der Waals surface area contributed by atoms with Gasteiger partial charge in [0.1, 0.15) is 16.9 Å². The second-order valence-corrected chi connectivity index (χ2v) is 8.17. The Morgan fingerprint density at radius 3 is 2.69 bits per heavy atom. The van der Waals surface area contributed by atoms with Crippen molar-refractivity contribution < 1.29 is 18.3 Å². The zero-order chi connectivity index (χ0) is 19.8. The monoisotopic (exact) mass is 396 g/mol. The van der Waals surface area contributed by atoms with Gasteiger partial charge < -0.3 is 9.64 Å². The van der Waals surface area contributed by atoms with Crippen LogP contribution in [0.15, 0.2) is 42.6 Å². The Morgan fingerprint density at radius 1 is 1.24 bits per heavy atom. The van der Waals surface area contributed by atoms with Crippen LogP contribution >= 0.6 is 0 Å². The third kappa shape index (κ3) is 2.45. The molecule has 2 saturated heterocycles. The van der Waals surface area contributed by atoms with E-state index in [2.05, 4.69) is 10.1 Å². The molecule has 148 valence electrons. The number of nitrogens with zero attached hydrogens (tertiary/aromatic N) is 4. The first kappa shape index (κ1) is 17.0. The van der Waals surface area contributed by atoms with Crippen molar-refractivity contribution in [2.24, 2.45) is 11.8 Å². The van der Waals surface area contributed by atoms with Gasteiger partial charge in [0.2, 0.25) is 0 Å². The van der Waals surface area contributed by atoms with E-state index >= 15 is 0 Å². The van der Waals surface area contributed by atoms with E-state index in [0.717, 1.165) is 12.2 Å². The maximum absolute atomic E-state index is 13.5. The fourth-order valence-corrected chi connectivity index (χ4v) is 4.75. The second kappa shape index (κ2) is 5.82. The molecule has 2 unspecified atom stereocenters. The molecule has 1 aromatic carbocycles. The predicted octanol–water partition coefficient (Wildman–Crippen LogP) is 3.19. The zero-order valence-corrected chi connectivity index (χ0v) is 15.5. The highest BCUT2D eigenvalue weighted by atomic mass is 19.3. The Balaban J connectivity index is 1.39. The van der Waals surface area contributed by atoms with Crippen LogP contribution < -0.4 is 0 Å². The number of halogens is 2. The van der Waals surface area contributed by atoms with Gasteiger partial charge in [0.05, 0.1) is 31.6 Å². The van der Waals surface area contributed by atoms with Crippen molar-refractivity contribution >= 4 is 11.6 Å². The number of rotatable bonds is 3. The molecule has 8 heteroatoms. The van der Waals surface area contributed by atoms with Crippen molar-refractivity contribution in [2.75, 3.05) is 19.7 Å². The minimum atomic E-state index is -2.74. The van der Waals surface area contributed by atoms with Gasteiger partial charge in [0.15, 0.2) is 5.65 Å². The number of fused-ring (bicyclic) bond motifs is 3. The highest BCUT2D eigenvalue weighted by Gasteiger charge is 2.65. The Kier molecular flexibility index (Phi) is 3.42. The molecule has 0 radical (unpaired) electrons. The van der Waals surface area contributed by atoms with E-state index in [-0.39, 0.29) is 28.4 Å². The summed E-state index contributed by atoms with van der Waals surface area (Å²) in [6, 6.07) is 10.5. The van der Waals surface area contributed by atoms with E-state index in [1.807, 2.05) is 30.3 Å². The van der Waals surface area contributed by atoms with Gasteiger partial charge in [0.25, 0.3) is 12.3 Å². The Labute approximate surface area is 165 Å². The quantitative estimate of drug-likeness (QED) is 0.682. The lowest BCUT2D eigenvalue weighted by Gasteiger charge is -2.48. The lowest BCUT2D eigenvalue weighted by atomic mass is 9.88. The molecule has 3 aliphatic rings. The van der Waals surface area contributed by atoms with Crippen molar-refractivity contribution in [3.05, 3.63) is 53.9 Å². The summed E-state index contributed by atoms with van der Waals surface area (Å²) in [5.41, 5.74) is 1.04. The predicted molar refractivity (Wildman–Crippen MR) is 99.6 cm³/mol. The maximum atomic E-state index is 13.5. The first-order valence-electron chi connectivity index (χ1n) is 9.71. The molecule has 2 atom stereocenters. The maximum Gasteiger partial charge on any atom is 0.280 e. The van der Waals surface area contributed by atoms with E-state index in [9.17, 15) is 13.6 Å². The van der Waals surface area contributed by atoms with Crippen LogP contribution in [0.4, 0.5) is 8.78 Å².